The molecule has 102 valence electrons. The lowest BCUT2D eigenvalue weighted by atomic mass is 10.3. The average molecular weight is 271 g/mol. The van der Waals surface area contributed by atoms with Gasteiger partial charge in [0, 0.05) is 35.4 Å². The molecule has 0 spiro atoms. The van der Waals surface area contributed by atoms with Crippen LogP contribution < -0.4 is 14.8 Å². The minimum atomic E-state index is -0.689. The summed E-state index contributed by atoms with van der Waals surface area (Å²) in [4.78, 5) is 0. The quantitative estimate of drug-likeness (QED) is 0.690. The van der Waals surface area contributed by atoms with Gasteiger partial charge in [-0.3, -0.25) is 4.21 Å². The van der Waals surface area contributed by atoms with Crippen LogP contribution in [0.3, 0.4) is 0 Å². The van der Waals surface area contributed by atoms with E-state index in [1.54, 1.807) is 7.11 Å². The number of methoxy groups -OCH3 is 1. The summed E-state index contributed by atoms with van der Waals surface area (Å²) in [5.74, 6) is 3.08. The number of nitrogens with one attached hydrogen (secondary N) is 1. The molecular formula is C13H21NO3S. The molecule has 0 radical (unpaired) electrons. The highest BCUT2D eigenvalue weighted by Crippen LogP contribution is 2.16. The van der Waals surface area contributed by atoms with Crippen molar-refractivity contribution in [2.45, 2.75) is 6.92 Å². The SMILES string of the molecule is CCS(=O)CCNCCOc1ccc(OC)cc1. The third kappa shape index (κ3) is 6.02. The summed E-state index contributed by atoms with van der Waals surface area (Å²) in [6, 6.07) is 7.50. The molecule has 18 heavy (non-hydrogen) atoms. The Morgan fingerprint density at radius 1 is 1.17 bits per heavy atom. The van der Waals surface area contributed by atoms with Gasteiger partial charge in [-0.15, -0.1) is 0 Å². The van der Waals surface area contributed by atoms with E-state index in [1.807, 2.05) is 31.2 Å². The van der Waals surface area contributed by atoms with Crippen LogP contribution in [-0.2, 0) is 10.8 Å². The van der Waals surface area contributed by atoms with Crippen LogP contribution in [0.15, 0.2) is 24.3 Å². The molecule has 0 fully saturated rings. The summed E-state index contributed by atoms with van der Waals surface area (Å²) >= 11 is 0. The first-order chi connectivity index (χ1) is 8.76. The van der Waals surface area contributed by atoms with Gasteiger partial charge in [0.05, 0.1) is 7.11 Å². The Morgan fingerprint density at radius 2 is 1.83 bits per heavy atom. The van der Waals surface area contributed by atoms with E-state index < -0.39 is 10.8 Å². The number of rotatable bonds is 9. The molecule has 0 aromatic heterocycles. The van der Waals surface area contributed by atoms with Gasteiger partial charge < -0.3 is 14.8 Å². The van der Waals surface area contributed by atoms with Gasteiger partial charge in [-0.1, -0.05) is 6.92 Å². The van der Waals surface area contributed by atoms with Gasteiger partial charge in [-0.2, -0.15) is 0 Å². The third-order valence-corrected chi connectivity index (χ3v) is 3.74. The molecule has 1 aromatic rings. The molecule has 0 aliphatic rings. The topological polar surface area (TPSA) is 47.6 Å². The molecule has 0 saturated carbocycles. The van der Waals surface area contributed by atoms with E-state index in [1.165, 1.54) is 0 Å². The van der Waals surface area contributed by atoms with Crippen LogP contribution >= 0.6 is 0 Å². The minimum Gasteiger partial charge on any atom is -0.497 e. The van der Waals surface area contributed by atoms with Crippen molar-refractivity contribution in [2.75, 3.05) is 38.3 Å². The van der Waals surface area contributed by atoms with E-state index in [0.29, 0.717) is 12.4 Å². The van der Waals surface area contributed by atoms with Gasteiger partial charge in [0.25, 0.3) is 0 Å². The van der Waals surface area contributed by atoms with Crippen LogP contribution in [0.2, 0.25) is 0 Å². The van der Waals surface area contributed by atoms with E-state index in [9.17, 15) is 4.21 Å². The Labute approximate surface area is 111 Å². The average Bonchev–Trinajstić information content (AvgIpc) is 2.43. The molecule has 1 atom stereocenters. The summed E-state index contributed by atoms with van der Waals surface area (Å²) in [6.07, 6.45) is 0. The molecule has 0 heterocycles. The second kappa shape index (κ2) is 8.94. The van der Waals surface area contributed by atoms with Gasteiger partial charge in [0.15, 0.2) is 0 Å². The summed E-state index contributed by atoms with van der Waals surface area (Å²) in [6.45, 7) is 4.06. The first-order valence-corrected chi connectivity index (χ1v) is 7.57. The molecule has 1 N–H and O–H groups in total. The fourth-order valence-electron chi connectivity index (χ4n) is 1.37. The van der Waals surface area contributed by atoms with E-state index in [4.69, 9.17) is 9.47 Å². The van der Waals surface area contributed by atoms with Crippen LogP contribution in [0.5, 0.6) is 11.5 Å². The predicted octanol–water partition coefficient (Wildman–Crippen LogP) is 1.43. The maximum Gasteiger partial charge on any atom is 0.119 e. The van der Waals surface area contributed by atoms with Gasteiger partial charge in [-0.05, 0) is 24.3 Å². The first kappa shape index (κ1) is 15.0. The van der Waals surface area contributed by atoms with Gasteiger partial charge in [-0.25, -0.2) is 0 Å². The molecule has 1 aromatic carbocycles. The highest BCUT2D eigenvalue weighted by molar-refractivity contribution is 7.84. The van der Waals surface area contributed by atoms with Gasteiger partial charge in [0.2, 0.25) is 0 Å². The van der Waals surface area contributed by atoms with Crippen LogP contribution in [0.1, 0.15) is 6.92 Å². The number of benzene rings is 1. The Balaban J connectivity index is 2.08. The molecule has 0 aliphatic carbocycles. The largest absolute Gasteiger partial charge is 0.497 e. The van der Waals surface area contributed by atoms with Crippen LogP contribution in [0.25, 0.3) is 0 Å². The monoisotopic (exact) mass is 271 g/mol. The van der Waals surface area contributed by atoms with Crippen molar-refractivity contribution in [1.29, 1.82) is 0 Å². The summed E-state index contributed by atoms with van der Waals surface area (Å²) < 4.78 is 21.8. The smallest absolute Gasteiger partial charge is 0.119 e. The van der Waals surface area contributed by atoms with Gasteiger partial charge >= 0.3 is 0 Å². The van der Waals surface area contributed by atoms with E-state index in [2.05, 4.69) is 5.32 Å². The fourth-order valence-corrected chi connectivity index (χ4v) is 2.03. The van der Waals surface area contributed by atoms with Crippen molar-refractivity contribution in [3.63, 3.8) is 0 Å². The zero-order chi connectivity index (χ0) is 13.2. The molecular weight excluding hydrogens is 250 g/mol. The fraction of sp³-hybridized carbons (Fsp3) is 0.538. The van der Waals surface area contributed by atoms with Crippen LogP contribution in [0, 0.1) is 0 Å². The second-order valence-corrected chi connectivity index (χ2v) is 5.57. The molecule has 0 saturated heterocycles. The van der Waals surface area contributed by atoms with E-state index in [0.717, 1.165) is 30.3 Å². The van der Waals surface area contributed by atoms with Crippen LogP contribution in [0.4, 0.5) is 0 Å². The minimum absolute atomic E-state index is 0.602. The lowest BCUT2D eigenvalue weighted by molar-refractivity contribution is 0.314. The standard InChI is InChI=1S/C13H21NO3S/c1-3-18(15)11-9-14-8-10-17-13-6-4-12(16-2)5-7-13/h4-7,14H,3,8-11H2,1-2H3. The first-order valence-electron chi connectivity index (χ1n) is 6.08. The number of ether oxygens (including phenoxy) is 2. The highest BCUT2D eigenvalue weighted by Gasteiger charge is 1.96. The normalized spacial score (nSPS) is 12.1. The molecule has 5 heteroatoms. The Morgan fingerprint density at radius 3 is 2.44 bits per heavy atom. The van der Waals surface area contributed by atoms with Crippen molar-refractivity contribution in [3.8, 4) is 11.5 Å². The van der Waals surface area contributed by atoms with Crippen molar-refractivity contribution in [2.24, 2.45) is 0 Å². The van der Waals surface area contributed by atoms with Crippen molar-refractivity contribution < 1.29 is 13.7 Å². The van der Waals surface area contributed by atoms with Crippen molar-refractivity contribution in [1.82, 2.24) is 5.32 Å². The van der Waals surface area contributed by atoms with Gasteiger partial charge in [0.1, 0.15) is 18.1 Å². The predicted molar refractivity (Wildman–Crippen MR) is 74.9 cm³/mol. The molecule has 1 rings (SSSR count). The molecule has 0 amide bonds. The maximum absolute atomic E-state index is 11.2. The van der Waals surface area contributed by atoms with E-state index >= 15 is 0 Å². The molecule has 0 bridgehead atoms. The zero-order valence-corrected chi connectivity index (χ0v) is 11.8. The summed E-state index contributed by atoms with van der Waals surface area (Å²) in [5.41, 5.74) is 0. The third-order valence-electron chi connectivity index (χ3n) is 2.44. The lowest BCUT2D eigenvalue weighted by Gasteiger charge is -2.08. The maximum atomic E-state index is 11.2. The van der Waals surface area contributed by atoms with Crippen LogP contribution in [-0.4, -0.2) is 42.5 Å². The summed E-state index contributed by atoms with van der Waals surface area (Å²) in [5, 5.41) is 3.20. The molecule has 4 nitrogen and oxygen atoms in total. The molecule has 0 aliphatic heterocycles. The Bertz CT molecular complexity index is 354. The summed E-state index contributed by atoms with van der Waals surface area (Å²) in [7, 11) is 0.950. The van der Waals surface area contributed by atoms with Crippen molar-refractivity contribution >= 4 is 10.8 Å². The zero-order valence-electron chi connectivity index (χ0n) is 11.0. The lowest BCUT2D eigenvalue weighted by Crippen LogP contribution is -2.25. The number of hydrogen-bond acceptors (Lipinski definition) is 4. The van der Waals surface area contributed by atoms with Crippen molar-refractivity contribution in [3.05, 3.63) is 24.3 Å². The molecule has 1 unspecified atom stereocenters. The number of hydrogen-bond donors (Lipinski definition) is 1. The second-order valence-electron chi connectivity index (χ2n) is 3.71. The highest BCUT2D eigenvalue weighted by atomic mass is 32.2. The Kier molecular flexibility index (Phi) is 7.44. The Hall–Kier alpha value is -1.07. The van der Waals surface area contributed by atoms with E-state index in [-0.39, 0.29) is 0 Å².